The summed E-state index contributed by atoms with van der Waals surface area (Å²) in [5, 5.41) is 13.7. The number of nitrogens with one attached hydrogen (secondary N) is 3. The molecule has 182 valence electrons. The molecule has 1 atom stereocenters. The first-order valence-corrected chi connectivity index (χ1v) is 11.7. The molecule has 5 rings (SSSR count). The molecule has 1 aliphatic heterocycles. The molecule has 0 spiro atoms. The first-order chi connectivity index (χ1) is 17.6. The molecule has 1 saturated heterocycles. The van der Waals surface area contributed by atoms with Crippen LogP contribution in [0.2, 0.25) is 0 Å². The molecule has 0 bridgehead atoms. The molecule has 1 aliphatic rings. The van der Waals surface area contributed by atoms with E-state index in [1.165, 1.54) is 4.68 Å². The number of anilines is 2. The summed E-state index contributed by atoms with van der Waals surface area (Å²) in [5.41, 5.74) is 1.49. The second-order valence-electron chi connectivity index (χ2n) is 8.45. The molecule has 2 heterocycles. The van der Waals surface area contributed by atoms with E-state index in [1.54, 1.807) is 72.8 Å². The summed E-state index contributed by atoms with van der Waals surface area (Å²) < 4.78 is 6.74. The van der Waals surface area contributed by atoms with E-state index in [-0.39, 0.29) is 23.4 Å². The number of rotatable bonds is 6. The number of carbonyl (C=O) groups excluding carboxylic acids is 2. The van der Waals surface area contributed by atoms with Gasteiger partial charge in [0.15, 0.2) is 5.69 Å². The van der Waals surface area contributed by atoms with Gasteiger partial charge in [0.25, 0.3) is 11.5 Å². The molecule has 3 amide bonds. The van der Waals surface area contributed by atoms with Gasteiger partial charge in [0, 0.05) is 29.9 Å². The Hall–Kier alpha value is -4.50. The highest BCUT2D eigenvalue weighted by Gasteiger charge is 2.18. The largest absolute Gasteiger partial charge is 0.376 e. The highest BCUT2D eigenvalue weighted by atomic mass is 16.5. The Labute approximate surface area is 207 Å². The average molecular weight is 484 g/mol. The molecule has 4 aromatic rings. The van der Waals surface area contributed by atoms with Crippen LogP contribution in [0.25, 0.3) is 16.5 Å². The molecule has 0 saturated carbocycles. The fourth-order valence-corrected chi connectivity index (χ4v) is 4.12. The minimum atomic E-state index is -0.453. The lowest BCUT2D eigenvalue weighted by molar-refractivity contribution is 0.102. The predicted octanol–water partition coefficient (Wildman–Crippen LogP) is 3.94. The molecule has 3 aromatic carbocycles. The normalized spacial score (nSPS) is 14.9. The maximum Gasteiger partial charge on any atom is 0.319 e. The van der Waals surface area contributed by atoms with Crippen molar-refractivity contribution in [3.63, 3.8) is 0 Å². The molecular weight excluding hydrogens is 458 g/mol. The van der Waals surface area contributed by atoms with E-state index in [4.69, 9.17) is 4.74 Å². The fourth-order valence-electron chi connectivity index (χ4n) is 4.12. The highest BCUT2D eigenvalue weighted by molar-refractivity contribution is 6.11. The summed E-state index contributed by atoms with van der Waals surface area (Å²) in [5.74, 6) is -0.453. The average Bonchev–Trinajstić information content (AvgIpc) is 3.43. The predicted molar refractivity (Wildman–Crippen MR) is 138 cm³/mol. The van der Waals surface area contributed by atoms with Crippen molar-refractivity contribution in [3.8, 4) is 5.69 Å². The Balaban J connectivity index is 1.32. The lowest BCUT2D eigenvalue weighted by atomic mass is 10.1. The lowest BCUT2D eigenvalue weighted by Gasteiger charge is -2.13. The van der Waals surface area contributed by atoms with E-state index < -0.39 is 5.91 Å². The van der Waals surface area contributed by atoms with Crippen molar-refractivity contribution in [1.82, 2.24) is 15.1 Å². The van der Waals surface area contributed by atoms with Crippen LogP contribution in [0.5, 0.6) is 0 Å². The van der Waals surface area contributed by atoms with Gasteiger partial charge >= 0.3 is 6.03 Å². The number of urea groups is 1. The monoisotopic (exact) mass is 483 g/mol. The maximum atomic E-state index is 13.2. The van der Waals surface area contributed by atoms with Gasteiger partial charge in [-0.3, -0.25) is 9.59 Å². The fraction of sp³-hybridized carbons (Fsp3) is 0.185. The Morgan fingerprint density at radius 2 is 1.56 bits per heavy atom. The van der Waals surface area contributed by atoms with Gasteiger partial charge in [-0.15, -0.1) is 0 Å². The molecule has 1 aromatic heterocycles. The number of ether oxygens (including phenoxy) is 1. The molecule has 1 fully saturated rings. The molecule has 36 heavy (non-hydrogen) atoms. The highest BCUT2D eigenvalue weighted by Crippen LogP contribution is 2.19. The van der Waals surface area contributed by atoms with E-state index in [1.807, 2.05) is 6.07 Å². The first-order valence-electron chi connectivity index (χ1n) is 11.7. The number of hydrogen-bond donors (Lipinski definition) is 3. The third-order valence-corrected chi connectivity index (χ3v) is 5.94. The van der Waals surface area contributed by atoms with Crippen molar-refractivity contribution >= 4 is 34.1 Å². The van der Waals surface area contributed by atoms with Crippen molar-refractivity contribution in [1.29, 1.82) is 0 Å². The van der Waals surface area contributed by atoms with Crippen LogP contribution in [0.15, 0.2) is 83.7 Å². The van der Waals surface area contributed by atoms with E-state index in [2.05, 4.69) is 21.0 Å². The zero-order chi connectivity index (χ0) is 24.9. The molecule has 0 aliphatic carbocycles. The number of benzene rings is 3. The first kappa shape index (κ1) is 23.3. The van der Waals surface area contributed by atoms with Gasteiger partial charge in [0.1, 0.15) is 0 Å². The van der Waals surface area contributed by atoms with Gasteiger partial charge in [-0.2, -0.15) is 9.78 Å². The van der Waals surface area contributed by atoms with Gasteiger partial charge in [-0.05, 0) is 55.3 Å². The van der Waals surface area contributed by atoms with Crippen molar-refractivity contribution in [2.24, 2.45) is 0 Å². The minimum Gasteiger partial charge on any atom is -0.376 e. The van der Waals surface area contributed by atoms with Crippen LogP contribution in [-0.4, -0.2) is 41.0 Å². The number of amides is 3. The summed E-state index contributed by atoms with van der Waals surface area (Å²) in [6, 6.07) is 22.3. The van der Waals surface area contributed by atoms with Crippen molar-refractivity contribution < 1.29 is 14.3 Å². The number of hydrogen-bond acceptors (Lipinski definition) is 5. The molecule has 9 heteroatoms. The summed E-state index contributed by atoms with van der Waals surface area (Å²) in [6.07, 6.45) is 2.02. The van der Waals surface area contributed by atoms with Gasteiger partial charge in [0.2, 0.25) is 0 Å². The zero-order valence-electron chi connectivity index (χ0n) is 19.4. The number of nitrogens with zero attached hydrogens (tertiary/aromatic N) is 2. The van der Waals surface area contributed by atoms with Crippen molar-refractivity contribution in [2.75, 3.05) is 23.8 Å². The molecule has 9 nitrogen and oxygen atoms in total. The van der Waals surface area contributed by atoms with Gasteiger partial charge in [0.05, 0.1) is 17.2 Å². The maximum absolute atomic E-state index is 13.2. The Morgan fingerprint density at radius 1 is 0.889 bits per heavy atom. The van der Waals surface area contributed by atoms with Crippen LogP contribution >= 0.6 is 0 Å². The number of carbonyl (C=O) groups is 2. The SMILES string of the molecule is O=C(NCC1CCCO1)Nc1ccc(NC(=O)c2nn(-c3ccccc3)c(=O)c3ccccc23)cc1. The molecular formula is C27H25N5O4. The van der Waals surface area contributed by atoms with Gasteiger partial charge in [-0.25, -0.2) is 4.79 Å². The van der Waals surface area contributed by atoms with Crippen molar-refractivity contribution in [3.05, 3.63) is 94.9 Å². The van der Waals surface area contributed by atoms with Gasteiger partial charge in [-0.1, -0.05) is 36.4 Å². The summed E-state index contributed by atoms with van der Waals surface area (Å²) in [7, 11) is 0. The topological polar surface area (TPSA) is 114 Å². The van der Waals surface area contributed by atoms with E-state index >= 15 is 0 Å². The molecule has 0 radical (unpaired) electrons. The Bertz CT molecular complexity index is 1450. The standard InChI is InChI=1S/C27H25N5O4/c33-25(29-18-12-14-19(15-13-18)30-27(35)28-17-21-9-6-16-36-21)24-22-10-4-5-11-23(22)26(34)32(31-24)20-7-2-1-3-8-20/h1-5,7-8,10-15,21H,6,9,16-17H2,(H,29,33)(H2,28,30,35). The van der Waals surface area contributed by atoms with Crippen LogP contribution < -0.4 is 21.5 Å². The van der Waals surface area contributed by atoms with Crippen LogP contribution in [0, 0.1) is 0 Å². The summed E-state index contributed by atoms with van der Waals surface area (Å²) in [4.78, 5) is 38.4. The van der Waals surface area contributed by atoms with Crippen LogP contribution in [-0.2, 0) is 4.74 Å². The summed E-state index contributed by atoms with van der Waals surface area (Å²) in [6.45, 7) is 1.20. The minimum absolute atomic E-state index is 0.0641. The van der Waals surface area contributed by atoms with Gasteiger partial charge < -0.3 is 20.7 Å². The van der Waals surface area contributed by atoms with Crippen LogP contribution in [0.1, 0.15) is 23.3 Å². The Morgan fingerprint density at radius 3 is 2.25 bits per heavy atom. The molecule has 3 N–H and O–H groups in total. The number of fused-ring (bicyclic) bond motifs is 1. The van der Waals surface area contributed by atoms with Crippen molar-refractivity contribution in [2.45, 2.75) is 18.9 Å². The number of para-hydroxylation sites is 1. The van der Waals surface area contributed by atoms with Crippen LogP contribution in [0.3, 0.4) is 0 Å². The molecule has 1 unspecified atom stereocenters. The van der Waals surface area contributed by atoms with E-state index in [0.717, 1.165) is 19.4 Å². The lowest BCUT2D eigenvalue weighted by Crippen LogP contribution is -2.35. The zero-order valence-corrected chi connectivity index (χ0v) is 19.4. The third-order valence-electron chi connectivity index (χ3n) is 5.94. The second kappa shape index (κ2) is 10.4. The van der Waals surface area contributed by atoms with E-state index in [9.17, 15) is 14.4 Å². The number of aromatic nitrogens is 2. The van der Waals surface area contributed by atoms with E-state index in [0.29, 0.717) is 34.4 Å². The third kappa shape index (κ3) is 5.11. The smallest absolute Gasteiger partial charge is 0.319 e. The Kier molecular flexibility index (Phi) is 6.72. The summed E-state index contributed by atoms with van der Waals surface area (Å²) >= 11 is 0. The quantitative estimate of drug-likeness (QED) is 0.384. The van der Waals surface area contributed by atoms with Crippen LogP contribution in [0.4, 0.5) is 16.2 Å². The second-order valence-corrected chi connectivity index (χ2v) is 8.45.